The summed E-state index contributed by atoms with van der Waals surface area (Å²) in [7, 11) is 0. The Hall–Kier alpha value is -1.59. The van der Waals surface area contributed by atoms with Gasteiger partial charge in [0.1, 0.15) is 0 Å². The topological polar surface area (TPSA) is 84.2 Å². The summed E-state index contributed by atoms with van der Waals surface area (Å²) < 4.78 is 0. The van der Waals surface area contributed by atoms with E-state index in [9.17, 15) is 9.59 Å². The molecule has 22 heavy (non-hydrogen) atoms. The molecule has 2 unspecified atom stereocenters. The SMILES string of the molecule is Cc1ccc(NC(=O)C(C)C)cc1NC(=O)C(C)C(C)N.Cl. The molecule has 5 nitrogen and oxygen atoms in total. The molecule has 0 aliphatic rings. The maximum Gasteiger partial charge on any atom is 0.228 e. The summed E-state index contributed by atoms with van der Waals surface area (Å²) >= 11 is 0. The zero-order valence-corrected chi connectivity index (χ0v) is 14.6. The van der Waals surface area contributed by atoms with Gasteiger partial charge < -0.3 is 16.4 Å². The zero-order valence-electron chi connectivity index (χ0n) is 13.8. The van der Waals surface area contributed by atoms with Crippen LogP contribution in [-0.4, -0.2) is 17.9 Å². The molecular weight excluding hydrogens is 302 g/mol. The minimum absolute atomic E-state index is 0. The Morgan fingerprint density at radius 2 is 1.64 bits per heavy atom. The van der Waals surface area contributed by atoms with E-state index < -0.39 is 0 Å². The highest BCUT2D eigenvalue weighted by molar-refractivity contribution is 5.96. The Morgan fingerprint density at radius 3 is 2.14 bits per heavy atom. The van der Waals surface area contributed by atoms with Gasteiger partial charge in [-0.2, -0.15) is 0 Å². The van der Waals surface area contributed by atoms with Crippen LogP contribution in [0.15, 0.2) is 18.2 Å². The number of hydrogen-bond donors (Lipinski definition) is 3. The van der Waals surface area contributed by atoms with Crippen LogP contribution in [0.4, 0.5) is 11.4 Å². The number of carbonyl (C=O) groups excluding carboxylic acids is 2. The summed E-state index contributed by atoms with van der Waals surface area (Å²) in [5.74, 6) is -0.554. The molecule has 0 saturated heterocycles. The van der Waals surface area contributed by atoms with Gasteiger partial charge in [-0.15, -0.1) is 12.4 Å². The van der Waals surface area contributed by atoms with Crippen LogP contribution in [0.5, 0.6) is 0 Å². The van der Waals surface area contributed by atoms with Crippen molar-refractivity contribution < 1.29 is 9.59 Å². The standard InChI is InChI=1S/C16H25N3O2.ClH/c1-9(2)15(20)18-13-7-6-10(3)14(8-13)19-16(21)11(4)12(5)17;/h6-9,11-12H,17H2,1-5H3,(H,18,20)(H,19,21);1H. The van der Waals surface area contributed by atoms with Crippen LogP contribution in [0, 0.1) is 18.8 Å². The number of amides is 2. The second-order valence-electron chi connectivity index (χ2n) is 5.81. The van der Waals surface area contributed by atoms with Crippen LogP contribution in [0.3, 0.4) is 0 Å². The van der Waals surface area contributed by atoms with Gasteiger partial charge in [0.15, 0.2) is 0 Å². The average Bonchev–Trinajstić information content (AvgIpc) is 2.41. The molecule has 1 aromatic rings. The van der Waals surface area contributed by atoms with Crippen molar-refractivity contribution in [2.24, 2.45) is 17.6 Å². The van der Waals surface area contributed by atoms with Gasteiger partial charge in [0.25, 0.3) is 0 Å². The lowest BCUT2D eigenvalue weighted by Crippen LogP contribution is -2.34. The van der Waals surface area contributed by atoms with Crippen molar-refractivity contribution in [3.05, 3.63) is 23.8 Å². The van der Waals surface area contributed by atoms with Crippen molar-refractivity contribution >= 4 is 35.6 Å². The fraction of sp³-hybridized carbons (Fsp3) is 0.500. The number of benzene rings is 1. The third kappa shape index (κ3) is 5.66. The second kappa shape index (κ2) is 8.76. The molecule has 0 aromatic heterocycles. The molecule has 0 radical (unpaired) electrons. The monoisotopic (exact) mass is 327 g/mol. The largest absolute Gasteiger partial charge is 0.327 e. The molecule has 0 bridgehead atoms. The van der Waals surface area contributed by atoms with E-state index in [0.29, 0.717) is 11.4 Å². The summed E-state index contributed by atoms with van der Waals surface area (Å²) in [4.78, 5) is 23.8. The van der Waals surface area contributed by atoms with Crippen molar-refractivity contribution in [2.45, 2.75) is 40.7 Å². The molecule has 1 aromatic carbocycles. The number of rotatable bonds is 5. The van der Waals surface area contributed by atoms with Gasteiger partial charge in [0, 0.05) is 23.3 Å². The van der Waals surface area contributed by atoms with E-state index in [1.54, 1.807) is 19.9 Å². The summed E-state index contributed by atoms with van der Waals surface area (Å²) in [6.45, 7) is 9.16. The highest BCUT2D eigenvalue weighted by Crippen LogP contribution is 2.21. The molecule has 0 fully saturated rings. The number of aryl methyl sites for hydroxylation is 1. The number of nitrogens with one attached hydrogen (secondary N) is 2. The van der Waals surface area contributed by atoms with E-state index in [1.807, 2.05) is 32.9 Å². The maximum absolute atomic E-state index is 12.1. The normalized spacial score (nSPS) is 13.0. The van der Waals surface area contributed by atoms with Gasteiger partial charge in [-0.3, -0.25) is 9.59 Å². The van der Waals surface area contributed by atoms with Crippen LogP contribution in [0.1, 0.15) is 33.3 Å². The van der Waals surface area contributed by atoms with Gasteiger partial charge >= 0.3 is 0 Å². The average molecular weight is 328 g/mol. The van der Waals surface area contributed by atoms with Crippen LogP contribution in [0.25, 0.3) is 0 Å². The quantitative estimate of drug-likeness (QED) is 0.777. The van der Waals surface area contributed by atoms with E-state index in [4.69, 9.17) is 5.73 Å². The van der Waals surface area contributed by atoms with Gasteiger partial charge in [0.2, 0.25) is 11.8 Å². The molecule has 124 valence electrons. The first-order valence-corrected chi connectivity index (χ1v) is 7.20. The van der Waals surface area contributed by atoms with Gasteiger partial charge in [-0.25, -0.2) is 0 Å². The van der Waals surface area contributed by atoms with Crippen molar-refractivity contribution in [3.8, 4) is 0 Å². The first-order chi connectivity index (χ1) is 9.72. The lowest BCUT2D eigenvalue weighted by atomic mass is 10.0. The predicted octanol–water partition coefficient (Wildman–Crippen LogP) is 2.93. The van der Waals surface area contributed by atoms with Crippen molar-refractivity contribution in [1.29, 1.82) is 0 Å². The summed E-state index contributed by atoms with van der Waals surface area (Å²) in [6.07, 6.45) is 0. The van der Waals surface area contributed by atoms with Gasteiger partial charge in [-0.05, 0) is 31.5 Å². The van der Waals surface area contributed by atoms with Gasteiger partial charge in [-0.1, -0.05) is 26.8 Å². The number of anilines is 2. The molecular formula is C16H26ClN3O2. The van der Waals surface area contributed by atoms with Crippen LogP contribution in [0.2, 0.25) is 0 Å². The first kappa shape index (κ1) is 20.4. The Labute approximate surface area is 138 Å². The number of hydrogen-bond acceptors (Lipinski definition) is 3. The van der Waals surface area contributed by atoms with Gasteiger partial charge in [0.05, 0.1) is 5.92 Å². The third-order valence-electron chi connectivity index (χ3n) is 3.49. The van der Waals surface area contributed by atoms with Crippen molar-refractivity contribution in [3.63, 3.8) is 0 Å². The summed E-state index contributed by atoms with van der Waals surface area (Å²) in [5.41, 5.74) is 8.03. The maximum atomic E-state index is 12.1. The van der Waals surface area contributed by atoms with E-state index in [2.05, 4.69) is 10.6 Å². The lowest BCUT2D eigenvalue weighted by Gasteiger charge is -2.17. The molecule has 2 atom stereocenters. The van der Waals surface area contributed by atoms with Crippen LogP contribution in [-0.2, 0) is 9.59 Å². The molecule has 6 heteroatoms. The third-order valence-corrected chi connectivity index (χ3v) is 3.49. The summed E-state index contributed by atoms with van der Waals surface area (Å²) in [6, 6.07) is 5.23. The predicted molar refractivity (Wildman–Crippen MR) is 93.3 cm³/mol. The van der Waals surface area contributed by atoms with E-state index in [0.717, 1.165) is 5.56 Å². The smallest absolute Gasteiger partial charge is 0.228 e. The van der Waals surface area contributed by atoms with Crippen molar-refractivity contribution in [2.75, 3.05) is 10.6 Å². The molecule has 0 heterocycles. The van der Waals surface area contributed by atoms with Crippen molar-refractivity contribution in [1.82, 2.24) is 0 Å². The Balaban J connectivity index is 0.00000441. The summed E-state index contributed by atoms with van der Waals surface area (Å²) in [5, 5.41) is 5.68. The number of carbonyl (C=O) groups is 2. The van der Waals surface area contributed by atoms with Crippen LogP contribution < -0.4 is 16.4 Å². The molecule has 2 amide bonds. The van der Waals surface area contributed by atoms with E-state index >= 15 is 0 Å². The minimum Gasteiger partial charge on any atom is -0.327 e. The first-order valence-electron chi connectivity index (χ1n) is 7.20. The Kier molecular flexibility index (Phi) is 8.12. The molecule has 0 aliphatic carbocycles. The number of halogens is 1. The molecule has 0 spiro atoms. The minimum atomic E-state index is -0.279. The highest BCUT2D eigenvalue weighted by Gasteiger charge is 2.18. The van der Waals surface area contributed by atoms with E-state index in [-0.39, 0.29) is 42.1 Å². The molecule has 4 N–H and O–H groups in total. The molecule has 0 saturated carbocycles. The molecule has 1 rings (SSSR count). The zero-order chi connectivity index (χ0) is 16.2. The Bertz CT molecular complexity index is 530. The fourth-order valence-electron chi connectivity index (χ4n) is 1.61. The van der Waals surface area contributed by atoms with Crippen LogP contribution >= 0.6 is 12.4 Å². The molecule has 0 aliphatic heterocycles. The second-order valence-corrected chi connectivity index (χ2v) is 5.81. The fourth-order valence-corrected chi connectivity index (χ4v) is 1.61. The highest BCUT2D eigenvalue weighted by atomic mass is 35.5. The van der Waals surface area contributed by atoms with E-state index in [1.165, 1.54) is 0 Å². The number of nitrogens with two attached hydrogens (primary N) is 1. The lowest BCUT2D eigenvalue weighted by molar-refractivity contribution is -0.120. The Morgan fingerprint density at radius 1 is 1.05 bits per heavy atom.